The second-order valence-electron chi connectivity index (χ2n) is 3.37. The maximum Gasteiger partial charge on any atom is -0.0354 e. The molecule has 0 bridgehead atoms. The van der Waals surface area contributed by atoms with Crippen molar-refractivity contribution in [2.75, 3.05) is 0 Å². The molecular weight excluding hydrogens is 103 g/mol. The highest BCUT2D eigenvalue weighted by molar-refractivity contribution is 4.74. The van der Waals surface area contributed by atoms with Crippen molar-refractivity contribution in [3.8, 4) is 0 Å². The quantitative estimate of drug-likeness (QED) is 0.459. The lowest BCUT2D eigenvalue weighted by Gasteiger charge is -2.13. The molecule has 1 saturated carbocycles. The SMILES string of the molecule is CC1(C)CCCC1.F. The predicted molar refractivity (Wildman–Crippen MR) is 34.8 cm³/mol. The van der Waals surface area contributed by atoms with Gasteiger partial charge in [-0.05, 0) is 18.3 Å². The second kappa shape index (κ2) is 2.47. The van der Waals surface area contributed by atoms with Crippen molar-refractivity contribution in [3.05, 3.63) is 0 Å². The van der Waals surface area contributed by atoms with Gasteiger partial charge >= 0.3 is 0 Å². The van der Waals surface area contributed by atoms with E-state index < -0.39 is 0 Å². The Morgan fingerprint density at radius 1 is 1.00 bits per heavy atom. The maximum atomic E-state index is 2.36. The molecule has 0 heterocycles. The van der Waals surface area contributed by atoms with Gasteiger partial charge in [-0.3, -0.25) is 4.70 Å². The fourth-order valence-corrected chi connectivity index (χ4v) is 1.33. The molecule has 0 nitrogen and oxygen atoms in total. The van der Waals surface area contributed by atoms with Gasteiger partial charge in [0.1, 0.15) is 0 Å². The molecule has 1 fully saturated rings. The molecule has 0 N–H and O–H groups in total. The number of hydrogen-bond donors (Lipinski definition) is 0. The highest BCUT2D eigenvalue weighted by Crippen LogP contribution is 2.36. The van der Waals surface area contributed by atoms with Gasteiger partial charge in [0.05, 0.1) is 0 Å². The summed E-state index contributed by atoms with van der Waals surface area (Å²) in [5, 5.41) is 0. The molecular formula is C7H15F. The Bertz CT molecular complexity index is 58.8. The Balaban J connectivity index is 0.000000490. The van der Waals surface area contributed by atoms with Gasteiger partial charge in [0.2, 0.25) is 0 Å². The predicted octanol–water partition coefficient (Wildman–Crippen LogP) is 2.74. The van der Waals surface area contributed by atoms with E-state index in [9.17, 15) is 0 Å². The van der Waals surface area contributed by atoms with E-state index in [1.54, 1.807) is 0 Å². The molecule has 8 heavy (non-hydrogen) atoms. The summed E-state index contributed by atoms with van der Waals surface area (Å²) in [5.41, 5.74) is 0.694. The van der Waals surface area contributed by atoms with Gasteiger partial charge in [-0.15, -0.1) is 0 Å². The van der Waals surface area contributed by atoms with E-state index >= 15 is 0 Å². The first-order valence-corrected chi connectivity index (χ1v) is 3.21. The fraction of sp³-hybridized carbons (Fsp3) is 1.00. The van der Waals surface area contributed by atoms with Crippen LogP contribution in [0, 0.1) is 5.41 Å². The van der Waals surface area contributed by atoms with Crippen LogP contribution in [-0.4, -0.2) is 0 Å². The molecule has 0 radical (unpaired) electrons. The van der Waals surface area contributed by atoms with Crippen LogP contribution >= 0.6 is 0 Å². The molecule has 1 rings (SSSR count). The van der Waals surface area contributed by atoms with E-state index in [0.717, 1.165) is 0 Å². The standard InChI is InChI=1S/C7H14.FH/c1-7(2)5-3-4-6-7;/h3-6H2,1-2H3;1H. The smallest absolute Gasteiger partial charge is 0.0354 e. The van der Waals surface area contributed by atoms with Crippen LogP contribution in [0.3, 0.4) is 0 Å². The molecule has 1 aliphatic rings. The van der Waals surface area contributed by atoms with Crippen LogP contribution in [0.4, 0.5) is 4.70 Å². The van der Waals surface area contributed by atoms with Crippen molar-refractivity contribution in [2.24, 2.45) is 5.41 Å². The van der Waals surface area contributed by atoms with Crippen LogP contribution in [0.25, 0.3) is 0 Å². The second-order valence-corrected chi connectivity index (χ2v) is 3.37. The molecule has 0 atom stereocenters. The maximum absolute atomic E-state index is 2.36. The summed E-state index contributed by atoms with van der Waals surface area (Å²) in [4.78, 5) is 0. The zero-order valence-corrected chi connectivity index (χ0v) is 5.74. The van der Waals surface area contributed by atoms with Gasteiger partial charge in [0.15, 0.2) is 0 Å². The highest BCUT2D eigenvalue weighted by Gasteiger charge is 2.21. The molecule has 0 aromatic rings. The molecule has 1 heteroatoms. The first-order valence-electron chi connectivity index (χ1n) is 3.21. The third kappa shape index (κ3) is 1.81. The van der Waals surface area contributed by atoms with Gasteiger partial charge in [-0.1, -0.05) is 26.7 Å². The number of rotatable bonds is 0. The summed E-state index contributed by atoms with van der Waals surface area (Å²) in [6.45, 7) is 4.72. The van der Waals surface area contributed by atoms with E-state index in [-0.39, 0.29) is 4.70 Å². The van der Waals surface area contributed by atoms with Crippen molar-refractivity contribution in [1.29, 1.82) is 0 Å². The summed E-state index contributed by atoms with van der Waals surface area (Å²) in [5.74, 6) is 0. The Labute approximate surface area is 50.7 Å². The lowest BCUT2D eigenvalue weighted by Crippen LogP contribution is -2.01. The number of halogens is 1. The molecule has 0 aliphatic heterocycles. The normalized spacial score (nSPS) is 24.8. The summed E-state index contributed by atoms with van der Waals surface area (Å²) in [7, 11) is 0. The average molecular weight is 118 g/mol. The molecule has 1 aliphatic carbocycles. The summed E-state index contributed by atoms with van der Waals surface area (Å²) >= 11 is 0. The first-order chi connectivity index (χ1) is 3.21. The van der Waals surface area contributed by atoms with Crippen molar-refractivity contribution in [2.45, 2.75) is 39.5 Å². The zero-order valence-electron chi connectivity index (χ0n) is 5.74. The van der Waals surface area contributed by atoms with Crippen LogP contribution in [0.15, 0.2) is 0 Å². The van der Waals surface area contributed by atoms with Crippen molar-refractivity contribution in [1.82, 2.24) is 0 Å². The van der Waals surface area contributed by atoms with Crippen molar-refractivity contribution < 1.29 is 4.70 Å². The minimum atomic E-state index is 0. The van der Waals surface area contributed by atoms with E-state index in [0.29, 0.717) is 5.41 Å². The van der Waals surface area contributed by atoms with E-state index in [4.69, 9.17) is 0 Å². The third-order valence-corrected chi connectivity index (χ3v) is 1.96. The van der Waals surface area contributed by atoms with Crippen LogP contribution in [0.1, 0.15) is 39.5 Å². The molecule has 0 aromatic carbocycles. The Morgan fingerprint density at radius 2 is 1.38 bits per heavy atom. The van der Waals surface area contributed by atoms with Gasteiger partial charge in [0.25, 0.3) is 0 Å². The Kier molecular flexibility index (Phi) is 2.45. The molecule has 0 spiro atoms. The summed E-state index contributed by atoms with van der Waals surface area (Å²) in [6.07, 6.45) is 5.83. The van der Waals surface area contributed by atoms with Crippen LogP contribution in [0.2, 0.25) is 0 Å². The van der Waals surface area contributed by atoms with E-state index in [1.807, 2.05) is 0 Å². The van der Waals surface area contributed by atoms with Gasteiger partial charge < -0.3 is 0 Å². The van der Waals surface area contributed by atoms with E-state index in [1.165, 1.54) is 25.7 Å². The topological polar surface area (TPSA) is 0 Å². The molecule has 50 valence electrons. The third-order valence-electron chi connectivity index (χ3n) is 1.96. The number of hydrogen-bond acceptors (Lipinski definition) is 0. The Morgan fingerprint density at radius 3 is 1.50 bits per heavy atom. The van der Waals surface area contributed by atoms with Crippen LogP contribution < -0.4 is 0 Å². The highest BCUT2D eigenvalue weighted by atomic mass is 19.0. The van der Waals surface area contributed by atoms with Crippen molar-refractivity contribution >= 4 is 0 Å². The zero-order chi connectivity index (χ0) is 5.33. The van der Waals surface area contributed by atoms with Gasteiger partial charge in [-0.25, -0.2) is 0 Å². The van der Waals surface area contributed by atoms with Crippen LogP contribution in [-0.2, 0) is 0 Å². The summed E-state index contributed by atoms with van der Waals surface area (Å²) < 4.78 is 0. The first kappa shape index (κ1) is 7.93. The monoisotopic (exact) mass is 118 g/mol. The fourth-order valence-electron chi connectivity index (χ4n) is 1.33. The van der Waals surface area contributed by atoms with Gasteiger partial charge in [0, 0.05) is 0 Å². The molecule has 0 aromatic heterocycles. The van der Waals surface area contributed by atoms with Gasteiger partial charge in [-0.2, -0.15) is 0 Å². The Hall–Kier alpha value is -0.0700. The molecule has 0 saturated heterocycles. The largest absolute Gasteiger partial charge is 0.269 e. The van der Waals surface area contributed by atoms with Crippen LogP contribution in [0.5, 0.6) is 0 Å². The van der Waals surface area contributed by atoms with E-state index in [2.05, 4.69) is 13.8 Å². The molecule has 0 unspecified atom stereocenters. The van der Waals surface area contributed by atoms with Crippen molar-refractivity contribution in [3.63, 3.8) is 0 Å². The average Bonchev–Trinajstić information content (AvgIpc) is 1.84. The minimum Gasteiger partial charge on any atom is -0.269 e. The summed E-state index contributed by atoms with van der Waals surface area (Å²) in [6, 6.07) is 0. The minimum absolute atomic E-state index is 0. The molecule has 0 amide bonds. The lowest BCUT2D eigenvalue weighted by atomic mass is 9.92. The lowest BCUT2D eigenvalue weighted by molar-refractivity contribution is 0.382.